The van der Waals surface area contributed by atoms with Gasteiger partial charge in [0.05, 0.1) is 24.7 Å². The Labute approximate surface area is 193 Å². The van der Waals surface area contributed by atoms with Crippen molar-refractivity contribution in [2.45, 2.75) is 37.1 Å². The summed E-state index contributed by atoms with van der Waals surface area (Å²) in [5, 5.41) is 0. The number of carbonyl (C=O) groups is 2. The molecule has 176 valence electrons. The molecule has 1 heterocycles. The Bertz CT molecular complexity index is 1140. The van der Waals surface area contributed by atoms with Crippen LogP contribution in [-0.2, 0) is 19.6 Å². The first-order valence-corrected chi connectivity index (χ1v) is 12.0. The Morgan fingerprint density at radius 1 is 1.03 bits per heavy atom. The van der Waals surface area contributed by atoms with Gasteiger partial charge >= 0.3 is 11.9 Å². The summed E-state index contributed by atoms with van der Waals surface area (Å²) in [6, 6.07) is 10.5. The maximum absolute atomic E-state index is 13.0. The SMILES string of the molecule is COC(=O)/C=C/c1ccc(OC(=O)c2ccc(S(=O)(=O)N3CCCCC3C)cc2)c(OC)c1. The van der Waals surface area contributed by atoms with Gasteiger partial charge in [-0.3, -0.25) is 0 Å². The van der Waals surface area contributed by atoms with Gasteiger partial charge in [0.25, 0.3) is 0 Å². The smallest absolute Gasteiger partial charge is 0.343 e. The molecule has 0 radical (unpaired) electrons. The Morgan fingerprint density at radius 2 is 1.76 bits per heavy atom. The molecule has 0 amide bonds. The quantitative estimate of drug-likeness (QED) is 0.344. The fourth-order valence-corrected chi connectivity index (χ4v) is 5.29. The Hall–Kier alpha value is -3.17. The van der Waals surface area contributed by atoms with Crippen LogP contribution in [0.5, 0.6) is 11.5 Å². The minimum atomic E-state index is -3.62. The van der Waals surface area contributed by atoms with Gasteiger partial charge in [0.2, 0.25) is 10.0 Å². The molecule has 0 N–H and O–H groups in total. The summed E-state index contributed by atoms with van der Waals surface area (Å²) in [5.74, 6) is -0.656. The number of sulfonamides is 1. The van der Waals surface area contributed by atoms with Crippen molar-refractivity contribution in [1.29, 1.82) is 0 Å². The van der Waals surface area contributed by atoms with Crippen LogP contribution >= 0.6 is 0 Å². The molecule has 0 aromatic heterocycles. The number of carbonyl (C=O) groups excluding carboxylic acids is 2. The molecule has 8 nitrogen and oxygen atoms in total. The summed E-state index contributed by atoms with van der Waals surface area (Å²) < 4.78 is 42.7. The summed E-state index contributed by atoms with van der Waals surface area (Å²) in [6.45, 7) is 2.41. The first-order valence-electron chi connectivity index (χ1n) is 10.5. The van der Waals surface area contributed by atoms with Crippen molar-refractivity contribution in [1.82, 2.24) is 4.31 Å². The van der Waals surface area contributed by atoms with Gasteiger partial charge in [0, 0.05) is 18.7 Å². The van der Waals surface area contributed by atoms with Gasteiger partial charge in [0.15, 0.2) is 11.5 Å². The van der Waals surface area contributed by atoms with E-state index >= 15 is 0 Å². The highest BCUT2D eigenvalue weighted by atomic mass is 32.2. The molecular weight excluding hydrogens is 446 g/mol. The largest absolute Gasteiger partial charge is 0.493 e. The molecule has 1 aliphatic rings. The Morgan fingerprint density at radius 3 is 2.39 bits per heavy atom. The number of esters is 2. The van der Waals surface area contributed by atoms with Gasteiger partial charge in [-0.1, -0.05) is 12.5 Å². The van der Waals surface area contributed by atoms with E-state index in [2.05, 4.69) is 4.74 Å². The van der Waals surface area contributed by atoms with E-state index in [1.54, 1.807) is 24.3 Å². The van der Waals surface area contributed by atoms with Crippen LogP contribution in [-0.4, -0.2) is 51.5 Å². The number of methoxy groups -OCH3 is 2. The van der Waals surface area contributed by atoms with Crippen LogP contribution in [0.4, 0.5) is 0 Å². The Kier molecular flexibility index (Phi) is 7.88. The number of hydrogen-bond donors (Lipinski definition) is 0. The fourth-order valence-electron chi connectivity index (χ4n) is 3.59. The van der Waals surface area contributed by atoms with Crippen LogP contribution in [0.3, 0.4) is 0 Å². The van der Waals surface area contributed by atoms with Crippen LogP contribution in [0.15, 0.2) is 53.4 Å². The summed E-state index contributed by atoms with van der Waals surface area (Å²) in [7, 11) is -0.904. The zero-order valence-electron chi connectivity index (χ0n) is 18.8. The Balaban J connectivity index is 1.74. The van der Waals surface area contributed by atoms with Gasteiger partial charge in [-0.2, -0.15) is 4.31 Å². The van der Waals surface area contributed by atoms with Crippen molar-refractivity contribution in [2.24, 2.45) is 0 Å². The number of benzene rings is 2. The van der Waals surface area contributed by atoms with Crippen molar-refractivity contribution in [2.75, 3.05) is 20.8 Å². The highest BCUT2D eigenvalue weighted by Crippen LogP contribution is 2.30. The summed E-state index contributed by atoms with van der Waals surface area (Å²) in [4.78, 5) is 24.0. The molecule has 1 saturated heterocycles. The predicted octanol–water partition coefficient (Wildman–Crippen LogP) is 3.66. The van der Waals surface area contributed by atoms with Gasteiger partial charge in [0.1, 0.15) is 0 Å². The van der Waals surface area contributed by atoms with Crippen molar-refractivity contribution in [3.05, 3.63) is 59.7 Å². The van der Waals surface area contributed by atoms with Crippen molar-refractivity contribution < 1.29 is 32.2 Å². The van der Waals surface area contributed by atoms with Crippen molar-refractivity contribution in [3.8, 4) is 11.5 Å². The second-order valence-corrected chi connectivity index (χ2v) is 9.53. The minimum absolute atomic E-state index is 0.0497. The monoisotopic (exact) mass is 473 g/mol. The molecule has 2 aromatic rings. The first-order chi connectivity index (χ1) is 15.8. The van der Waals surface area contributed by atoms with E-state index in [4.69, 9.17) is 9.47 Å². The zero-order valence-corrected chi connectivity index (χ0v) is 19.6. The average Bonchev–Trinajstić information content (AvgIpc) is 2.83. The van der Waals surface area contributed by atoms with E-state index in [-0.39, 0.29) is 22.3 Å². The normalized spacial score (nSPS) is 17.0. The standard InChI is InChI=1S/C24H27NO7S/c1-17-6-4-5-15-25(17)33(28,29)20-11-9-19(10-12-20)24(27)32-21-13-7-18(16-22(21)30-2)8-14-23(26)31-3/h7-14,16-17H,4-6,15H2,1-3H3/b14-8+. The van der Waals surface area contributed by atoms with E-state index in [9.17, 15) is 18.0 Å². The topological polar surface area (TPSA) is 99.2 Å². The maximum Gasteiger partial charge on any atom is 0.343 e. The molecule has 0 saturated carbocycles. The molecule has 3 rings (SSSR count). The number of nitrogens with zero attached hydrogens (tertiary/aromatic N) is 1. The maximum atomic E-state index is 13.0. The van der Waals surface area contributed by atoms with E-state index in [0.29, 0.717) is 17.9 Å². The lowest BCUT2D eigenvalue weighted by molar-refractivity contribution is -0.134. The van der Waals surface area contributed by atoms with E-state index < -0.39 is 22.0 Å². The van der Waals surface area contributed by atoms with Gasteiger partial charge in [-0.05, 0) is 67.8 Å². The number of rotatable bonds is 7. The summed E-state index contributed by atoms with van der Waals surface area (Å²) in [6.07, 6.45) is 5.50. The predicted molar refractivity (Wildman–Crippen MR) is 123 cm³/mol. The molecule has 1 aliphatic heterocycles. The second-order valence-electron chi connectivity index (χ2n) is 7.64. The molecule has 0 spiro atoms. The fraction of sp³-hybridized carbons (Fsp3) is 0.333. The third-order valence-corrected chi connectivity index (χ3v) is 7.47. The van der Waals surface area contributed by atoms with Crippen LogP contribution in [0.25, 0.3) is 6.08 Å². The van der Waals surface area contributed by atoms with Crippen molar-refractivity contribution >= 4 is 28.0 Å². The van der Waals surface area contributed by atoms with Crippen LogP contribution in [0.1, 0.15) is 42.1 Å². The lowest BCUT2D eigenvalue weighted by Gasteiger charge is -2.32. The number of ether oxygens (including phenoxy) is 3. The van der Waals surface area contributed by atoms with Gasteiger partial charge in [-0.25, -0.2) is 18.0 Å². The van der Waals surface area contributed by atoms with E-state index in [0.717, 1.165) is 19.3 Å². The average molecular weight is 474 g/mol. The number of hydrogen-bond acceptors (Lipinski definition) is 7. The second kappa shape index (κ2) is 10.6. The molecule has 0 aliphatic carbocycles. The molecule has 2 aromatic carbocycles. The zero-order chi connectivity index (χ0) is 24.0. The van der Waals surface area contributed by atoms with Crippen LogP contribution in [0, 0.1) is 0 Å². The molecule has 9 heteroatoms. The van der Waals surface area contributed by atoms with Crippen LogP contribution < -0.4 is 9.47 Å². The molecule has 1 atom stereocenters. The molecule has 0 bridgehead atoms. The third-order valence-electron chi connectivity index (χ3n) is 5.44. The number of piperidine rings is 1. The van der Waals surface area contributed by atoms with Gasteiger partial charge < -0.3 is 14.2 Å². The highest BCUT2D eigenvalue weighted by Gasteiger charge is 2.31. The molecular formula is C24H27NO7S. The molecule has 1 fully saturated rings. The first kappa shape index (κ1) is 24.5. The third kappa shape index (κ3) is 5.80. The van der Waals surface area contributed by atoms with Crippen LogP contribution in [0.2, 0.25) is 0 Å². The van der Waals surface area contributed by atoms with Crippen molar-refractivity contribution in [3.63, 3.8) is 0 Å². The highest BCUT2D eigenvalue weighted by molar-refractivity contribution is 7.89. The van der Waals surface area contributed by atoms with Gasteiger partial charge in [-0.15, -0.1) is 0 Å². The van der Waals surface area contributed by atoms with E-state index in [1.165, 1.54) is 48.9 Å². The summed E-state index contributed by atoms with van der Waals surface area (Å²) >= 11 is 0. The molecule has 33 heavy (non-hydrogen) atoms. The lowest BCUT2D eigenvalue weighted by Crippen LogP contribution is -2.41. The molecule has 1 unspecified atom stereocenters. The summed E-state index contributed by atoms with van der Waals surface area (Å²) in [5.41, 5.74) is 0.857. The van der Waals surface area contributed by atoms with E-state index in [1.807, 2.05) is 6.92 Å². The minimum Gasteiger partial charge on any atom is -0.493 e. The lowest BCUT2D eigenvalue weighted by atomic mass is 10.1.